The van der Waals surface area contributed by atoms with E-state index in [0.717, 1.165) is 6.42 Å². The van der Waals surface area contributed by atoms with Crippen molar-refractivity contribution >= 4 is 23.4 Å². The van der Waals surface area contributed by atoms with Gasteiger partial charge in [-0.15, -0.1) is 5.10 Å². The van der Waals surface area contributed by atoms with Crippen LogP contribution in [0.4, 0.5) is 5.69 Å². The Morgan fingerprint density at radius 3 is 3.04 bits per heavy atom. The predicted molar refractivity (Wildman–Crippen MR) is 88.2 cm³/mol. The van der Waals surface area contributed by atoms with Gasteiger partial charge in [-0.2, -0.15) is 5.26 Å². The van der Waals surface area contributed by atoms with Gasteiger partial charge in [0.2, 0.25) is 5.91 Å². The molecule has 0 fully saturated rings. The van der Waals surface area contributed by atoms with Gasteiger partial charge in [0.05, 0.1) is 16.9 Å². The van der Waals surface area contributed by atoms with Crippen LogP contribution in [0.3, 0.4) is 0 Å². The second kappa shape index (κ2) is 7.65. The Morgan fingerprint density at radius 1 is 1.57 bits per heavy atom. The van der Waals surface area contributed by atoms with E-state index < -0.39 is 5.25 Å². The number of hydrogen-bond acceptors (Lipinski definition) is 5. The molecule has 0 unspecified atom stereocenters. The van der Waals surface area contributed by atoms with Crippen LogP contribution in [0.25, 0.3) is 0 Å². The fourth-order valence-corrected chi connectivity index (χ4v) is 2.82. The van der Waals surface area contributed by atoms with E-state index >= 15 is 0 Å². The van der Waals surface area contributed by atoms with Gasteiger partial charge < -0.3 is 5.32 Å². The molecule has 8 heteroatoms. The number of rotatable bonds is 6. The van der Waals surface area contributed by atoms with E-state index in [9.17, 15) is 9.59 Å². The third kappa shape index (κ3) is 4.23. The highest BCUT2D eigenvalue weighted by atomic mass is 32.2. The molecule has 7 nitrogen and oxygen atoms in total. The van der Waals surface area contributed by atoms with Gasteiger partial charge in [0, 0.05) is 12.2 Å². The fourth-order valence-electron chi connectivity index (χ4n) is 1.94. The van der Waals surface area contributed by atoms with Crippen LogP contribution in [0.5, 0.6) is 0 Å². The van der Waals surface area contributed by atoms with Crippen molar-refractivity contribution in [1.29, 1.82) is 5.26 Å². The molecule has 1 aromatic carbocycles. The molecule has 1 atom stereocenters. The maximum atomic E-state index is 12.3. The van der Waals surface area contributed by atoms with E-state index in [0.29, 0.717) is 23.0 Å². The molecule has 0 aliphatic heterocycles. The molecule has 0 bridgehead atoms. The smallest absolute Gasteiger partial charge is 0.325 e. The average Bonchev–Trinajstić information content (AvgIpc) is 2.88. The summed E-state index contributed by atoms with van der Waals surface area (Å²) in [6, 6.07) is 8.73. The SMILES string of the molecule is CCCn1c(S[C@H](C)C(=O)Nc2cccc(C#N)c2)n[nH]c1=O. The van der Waals surface area contributed by atoms with E-state index in [1.807, 2.05) is 13.0 Å². The van der Waals surface area contributed by atoms with Crippen molar-refractivity contribution in [1.82, 2.24) is 14.8 Å². The van der Waals surface area contributed by atoms with Gasteiger partial charge in [0.25, 0.3) is 0 Å². The van der Waals surface area contributed by atoms with E-state index in [-0.39, 0.29) is 11.6 Å². The zero-order chi connectivity index (χ0) is 16.8. The zero-order valence-corrected chi connectivity index (χ0v) is 13.7. The predicted octanol–water partition coefficient (Wildman–Crippen LogP) is 1.97. The maximum absolute atomic E-state index is 12.3. The first-order valence-corrected chi connectivity index (χ1v) is 8.06. The molecule has 0 saturated carbocycles. The monoisotopic (exact) mass is 331 g/mol. The molecule has 2 aromatic rings. The lowest BCUT2D eigenvalue weighted by Gasteiger charge is -2.12. The van der Waals surface area contributed by atoms with Gasteiger partial charge in [-0.3, -0.25) is 9.36 Å². The summed E-state index contributed by atoms with van der Waals surface area (Å²) in [6.07, 6.45) is 0.800. The molecule has 0 radical (unpaired) electrons. The molecular weight excluding hydrogens is 314 g/mol. The molecule has 0 aliphatic rings. The Balaban J connectivity index is 2.05. The van der Waals surface area contributed by atoms with Crippen molar-refractivity contribution in [2.24, 2.45) is 0 Å². The Bertz CT molecular complexity index is 790. The largest absolute Gasteiger partial charge is 0.343 e. The third-order valence-corrected chi connectivity index (χ3v) is 4.17. The van der Waals surface area contributed by atoms with Gasteiger partial charge in [0.15, 0.2) is 5.16 Å². The molecule has 1 amide bonds. The number of nitrogens with zero attached hydrogens (tertiary/aromatic N) is 3. The molecule has 0 spiro atoms. The first-order chi connectivity index (χ1) is 11.0. The van der Waals surface area contributed by atoms with Crippen LogP contribution < -0.4 is 11.0 Å². The van der Waals surface area contributed by atoms with E-state index in [1.165, 1.54) is 16.3 Å². The zero-order valence-electron chi connectivity index (χ0n) is 12.9. The summed E-state index contributed by atoms with van der Waals surface area (Å²) in [5.41, 5.74) is 0.769. The minimum Gasteiger partial charge on any atom is -0.325 e. The summed E-state index contributed by atoms with van der Waals surface area (Å²) in [5, 5.41) is 18.0. The lowest BCUT2D eigenvalue weighted by atomic mass is 10.2. The number of nitriles is 1. The van der Waals surface area contributed by atoms with Gasteiger partial charge in [0.1, 0.15) is 0 Å². The van der Waals surface area contributed by atoms with Crippen molar-refractivity contribution in [2.45, 2.75) is 37.2 Å². The van der Waals surface area contributed by atoms with Crippen LogP contribution >= 0.6 is 11.8 Å². The third-order valence-electron chi connectivity index (χ3n) is 3.08. The summed E-state index contributed by atoms with van der Waals surface area (Å²) in [6.45, 7) is 4.26. The van der Waals surface area contributed by atoms with E-state index in [2.05, 4.69) is 15.5 Å². The molecule has 2 N–H and O–H groups in total. The second-order valence-corrected chi connectivity index (χ2v) is 6.21. The van der Waals surface area contributed by atoms with Crippen LogP contribution in [0.15, 0.2) is 34.2 Å². The van der Waals surface area contributed by atoms with E-state index in [4.69, 9.17) is 5.26 Å². The average molecular weight is 331 g/mol. The number of H-pyrrole nitrogens is 1. The lowest BCUT2D eigenvalue weighted by molar-refractivity contribution is -0.115. The molecule has 120 valence electrons. The fraction of sp³-hybridized carbons (Fsp3) is 0.333. The summed E-state index contributed by atoms with van der Waals surface area (Å²) < 4.78 is 1.52. The Hall–Kier alpha value is -2.53. The molecule has 0 aliphatic carbocycles. The van der Waals surface area contributed by atoms with Crippen LogP contribution in [-0.4, -0.2) is 25.9 Å². The van der Waals surface area contributed by atoms with Crippen molar-refractivity contribution in [3.63, 3.8) is 0 Å². The molecule has 23 heavy (non-hydrogen) atoms. The van der Waals surface area contributed by atoms with Crippen LogP contribution in [-0.2, 0) is 11.3 Å². The Kier molecular flexibility index (Phi) is 5.60. The van der Waals surface area contributed by atoms with Crippen molar-refractivity contribution < 1.29 is 4.79 Å². The number of amides is 1. The van der Waals surface area contributed by atoms with Crippen LogP contribution in [0.2, 0.25) is 0 Å². The number of nitrogens with one attached hydrogen (secondary N) is 2. The number of benzene rings is 1. The number of carbonyl (C=O) groups excluding carboxylic acids is 1. The first-order valence-electron chi connectivity index (χ1n) is 7.18. The van der Waals surface area contributed by atoms with Crippen LogP contribution in [0, 0.1) is 11.3 Å². The number of thioether (sulfide) groups is 1. The lowest BCUT2D eigenvalue weighted by Crippen LogP contribution is -2.24. The highest BCUT2D eigenvalue weighted by Gasteiger charge is 2.19. The van der Waals surface area contributed by atoms with Gasteiger partial charge in [-0.1, -0.05) is 24.8 Å². The first kappa shape index (κ1) is 16.8. The van der Waals surface area contributed by atoms with Crippen molar-refractivity contribution in [3.05, 3.63) is 40.3 Å². The summed E-state index contributed by atoms with van der Waals surface area (Å²) >= 11 is 1.21. The van der Waals surface area contributed by atoms with Crippen LogP contribution in [0.1, 0.15) is 25.8 Å². The number of aromatic nitrogens is 3. The number of anilines is 1. The van der Waals surface area contributed by atoms with Crippen molar-refractivity contribution in [3.8, 4) is 6.07 Å². The number of aromatic amines is 1. The van der Waals surface area contributed by atoms with Gasteiger partial charge >= 0.3 is 5.69 Å². The van der Waals surface area contributed by atoms with Gasteiger partial charge in [-0.05, 0) is 31.5 Å². The number of carbonyl (C=O) groups is 1. The maximum Gasteiger partial charge on any atom is 0.343 e. The molecular formula is C15H17N5O2S. The molecule has 1 heterocycles. The highest BCUT2D eigenvalue weighted by Crippen LogP contribution is 2.21. The summed E-state index contributed by atoms with van der Waals surface area (Å²) in [5.74, 6) is -0.219. The minimum atomic E-state index is -0.438. The molecule has 2 rings (SSSR count). The minimum absolute atomic E-state index is 0.219. The summed E-state index contributed by atoms with van der Waals surface area (Å²) in [4.78, 5) is 23.9. The standard InChI is InChI=1S/C15H17N5O2S/c1-3-7-20-14(22)18-19-15(20)23-10(2)13(21)17-12-6-4-5-11(8-12)9-16/h4-6,8,10H,3,7H2,1-2H3,(H,17,21)(H,18,22)/t10-/m1/s1. The Labute approximate surface area is 137 Å². The normalized spacial score (nSPS) is 11.7. The quantitative estimate of drug-likeness (QED) is 0.788. The topological polar surface area (TPSA) is 104 Å². The highest BCUT2D eigenvalue weighted by molar-refractivity contribution is 8.00. The Morgan fingerprint density at radius 2 is 2.35 bits per heavy atom. The molecule has 1 aromatic heterocycles. The summed E-state index contributed by atoms with van der Waals surface area (Å²) in [7, 11) is 0. The van der Waals surface area contributed by atoms with E-state index in [1.54, 1.807) is 31.2 Å². The van der Waals surface area contributed by atoms with Crippen molar-refractivity contribution in [2.75, 3.05) is 5.32 Å². The van der Waals surface area contributed by atoms with Gasteiger partial charge in [-0.25, -0.2) is 9.89 Å². The molecule has 0 saturated heterocycles. The second-order valence-electron chi connectivity index (χ2n) is 4.90. The number of hydrogen-bond donors (Lipinski definition) is 2.